The third-order valence-corrected chi connectivity index (χ3v) is 6.85. The lowest BCUT2D eigenvalue weighted by atomic mass is 10.0. The number of anilines is 2. The number of H-pyrrole nitrogens is 1. The van der Waals surface area contributed by atoms with Crippen LogP contribution in [0.2, 0.25) is 5.02 Å². The van der Waals surface area contributed by atoms with E-state index in [4.69, 9.17) is 11.6 Å². The van der Waals surface area contributed by atoms with Crippen LogP contribution in [-0.4, -0.2) is 46.7 Å². The molecule has 0 radical (unpaired) electrons. The average Bonchev–Trinajstić information content (AvgIpc) is 3.50. The second-order valence-corrected chi connectivity index (χ2v) is 9.06. The lowest BCUT2D eigenvalue weighted by Gasteiger charge is -2.22. The number of halogens is 1. The van der Waals surface area contributed by atoms with E-state index in [1.807, 2.05) is 66.7 Å². The second kappa shape index (κ2) is 9.87. The number of amides is 1. The molecule has 1 amide bonds. The van der Waals surface area contributed by atoms with Crippen molar-refractivity contribution in [3.8, 4) is 11.3 Å². The Morgan fingerprint density at radius 1 is 1.15 bits per heavy atom. The minimum absolute atomic E-state index is 0.0455. The van der Waals surface area contributed by atoms with Crippen molar-refractivity contribution in [1.82, 2.24) is 20.4 Å². The summed E-state index contributed by atoms with van der Waals surface area (Å²) < 4.78 is 0. The summed E-state index contributed by atoms with van der Waals surface area (Å²) >= 11 is 6.27. The Labute approximate surface area is 204 Å². The fourth-order valence-corrected chi connectivity index (χ4v) is 4.88. The number of fused-ring (bicyclic) bond motifs is 1. The minimum Gasteiger partial charge on any atom is -0.354 e. The van der Waals surface area contributed by atoms with Gasteiger partial charge in [-0.05, 0) is 68.4 Å². The van der Waals surface area contributed by atoms with Crippen LogP contribution in [0.25, 0.3) is 22.2 Å². The van der Waals surface area contributed by atoms with Crippen molar-refractivity contribution < 1.29 is 4.79 Å². The standard InChI is InChI=1S/C27H28ClN5O/c1-2-33-14-6-9-21(33)17-29-27(34)19-8-5-7-18(15-19)26-22-13-12-20(16-25(22)31-32-26)30-24-11-4-3-10-23(24)28/h3-5,7-8,10-13,15-16,21,30H,2,6,9,14,17H2,1H3,(H,29,34)(H,31,32). The third-order valence-electron chi connectivity index (χ3n) is 6.52. The van der Waals surface area contributed by atoms with Gasteiger partial charge in [0.2, 0.25) is 0 Å². The zero-order valence-corrected chi connectivity index (χ0v) is 19.9. The van der Waals surface area contributed by atoms with Crippen LogP contribution in [0, 0.1) is 0 Å². The number of aromatic nitrogens is 2. The number of likely N-dealkylation sites (N-methyl/N-ethyl adjacent to an activating group) is 1. The zero-order chi connectivity index (χ0) is 23.5. The zero-order valence-electron chi connectivity index (χ0n) is 19.1. The first-order valence-electron chi connectivity index (χ1n) is 11.7. The van der Waals surface area contributed by atoms with Crippen molar-refractivity contribution in [2.45, 2.75) is 25.8 Å². The predicted octanol–water partition coefficient (Wildman–Crippen LogP) is 5.84. The molecule has 1 atom stereocenters. The summed E-state index contributed by atoms with van der Waals surface area (Å²) in [4.78, 5) is 15.3. The van der Waals surface area contributed by atoms with Crippen LogP contribution < -0.4 is 10.6 Å². The summed E-state index contributed by atoms with van der Waals surface area (Å²) in [6.45, 7) is 5.00. The molecule has 1 aromatic heterocycles. The van der Waals surface area contributed by atoms with Crippen molar-refractivity contribution in [2.24, 2.45) is 0 Å². The van der Waals surface area contributed by atoms with Gasteiger partial charge in [-0.25, -0.2) is 0 Å². The van der Waals surface area contributed by atoms with Gasteiger partial charge >= 0.3 is 0 Å². The molecule has 1 aliphatic heterocycles. The first kappa shape index (κ1) is 22.4. The first-order valence-corrected chi connectivity index (χ1v) is 12.1. The highest BCUT2D eigenvalue weighted by Gasteiger charge is 2.23. The predicted molar refractivity (Wildman–Crippen MR) is 139 cm³/mol. The SMILES string of the molecule is CCN1CCCC1CNC(=O)c1cccc(-c2n[nH]c3cc(Nc4ccccc4Cl)ccc23)c1. The molecule has 0 aliphatic carbocycles. The summed E-state index contributed by atoms with van der Waals surface area (Å²) in [5, 5.41) is 15.8. The van der Waals surface area contributed by atoms with Crippen LogP contribution in [0.1, 0.15) is 30.1 Å². The maximum atomic E-state index is 12.9. The molecule has 0 saturated carbocycles. The Bertz CT molecular complexity index is 1320. The van der Waals surface area contributed by atoms with Crippen LogP contribution in [0.5, 0.6) is 0 Å². The molecule has 34 heavy (non-hydrogen) atoms. The summed E-state index contributed by atoms with van der Waals surface area (Å²) in [6, 6.07) is 21.8. The maximum absolute atomic E-state index is 12.9. The number of carbonyl (C=O) groups excluding carboxylic acids is 1. The Balaban J connectivity index is 1.33. The van der Waals surface area contributed by atoms with E-state index in [9.17, 15) is 4.79 Å². The van der Waals surface area contributed by atoms with Crippen molar-refractivity contribution >= 4 is 39.8 Å². The number of hydrogen-bond donors (Lipinski definition) is 3. The van der Waals surface area contributed by atoms with Crippen LogP contribution in [-0.2, 0) is 0 Å². The molecule has 1 saturated heterocycles. The van der Waals surface area contributed by atoms with Crippen LogP contribution in [0.4, 0.5) is 11.4 Å². The number of nitrogens with one attached hydrogen (secondary N) is 3. The molecule has 0 bridgehead atoms. The quantitative estimate of drug-likeness (QED) is 0.315. The lowest BCUT2D eigenvalue weighted by molar-refractivity contribution is 0.0941. The summed E-state index contributed by atoms with van der Waals surface area (Å²) in [5.74, 6) is -0.0455. The molecule has 5 rings (SSSR count). The molecule has 3 aromatic carbocycles. The van der Waals surface area contributed by atoms with E-state index in [-0.39, 0.29) is 5.91 Å². The van der Waals surface area contributed by atoms with Crippen molar-refractivity contribution in [2.75, 3.05) is 25.0 Å². The van der Waals surface area contributed by atoms with Gasteiger partial charge in [0.25, 0.3) is 5.91 Å². The summed E-state index contributed by atoms with van der Waals surface area (Å²) in [7, 11) is 0. The first-order chi connectivity index (χ1) is 16.6. The van der Waals surface area contributed by atoms with Gasteiger partial charge in [-0.3, -0.25) is 14.8 Å². The largest absolute Gasteiger partial charge is 0.354 e. The number of rotatable bonds is 7. The smallest absolute Gasteiger partial charge is 0.251 e. The van der Waals surface area contributed by atoms with Gasteiger partial charge < -0.3 is 10.6 Å². The molecule has 3 N–H and O–H groups in total. The van der Waals surface area contributed by atoms with E-state index in [1.54, 1.807) is 0 Å². The van der Waals surface area contributed by atoms with Gasteiger partial charge in [-0.1, -0.05) is 42.8 Å². The molecule has 0 spiro atoms. The summed E-state index contributed by atoms with van der Waals surface area (Å²) in [5.41, 5.74) is 5.04. The maximum Gasteiger partial charge on any atom is 0.251 e. The number of nitrogens with zero attached hydrogens (tertiary/aromatic N) is 2. The number of hydrogen-bond acceptors (Lipinski definition) is 4. The molecule has 1 fully saturated rings. The topological polar surface area (TPSA) is 73.0 Å². The normalized spacial score (nSPS) is 16.1. The van der Waals surface area contributed by atoms with Crippen molar-refractivity contribution in [3.05, 3.63) is 77.3 Å². The molecule has 7 heteroatoms. The molecule has 174 valence electrons. The van der Waals surface area contributed by atoms with E-state index in [1.165, 1.54) is 6.42 Å². The lowest BCUT2D eigenvalue weighted by Crippen LogP contribution is -2.40. The Morgan fingerprint density at radius 2 is 2.03 bits per heavy atom. The molecule has 6 nitrogen and oxygen atoms in total. The van der Waals surface area contributed by atoms with Crippen LogP contribution in [0.15, 0.2) is 66.7 Å². The van der Waals surface area contributed by atoms with E-state index < -0.39 is 0 Å². The highest BCUT2D eigenvalue weighted by atomic mass is 35.5. The van der Waals surface area contributed by atoms with Crippen LogP contribution >= 0.6 is 11.6 Å². The molecule has 4 aromatic rings. The fraction of sp³-hybridized carbons (Fsp3) is 0.259. The molecule has 1 unspecified atom stereocenters. The average molecular weight is 474 g/mol. The Kier molecular flexibility index (Phi) is 6.52. The summed E-state index contributed by atoms with van der Waals surface area (Å²) in [6.07, 6.45) is 2.34. The highest BCUT2D eigenvalue weighted by Crippen LogP contribution is 2.31. The second-order valence-electron chi connectivity index (χ2n) is 8.65. The minimum atomic E-state index is -0.0455. The third kappa shape index (κ3) is 4.65. The van der Waals surface area contributed by atoms with Gasteiger partial charge in [0.05, 0.1) is 21.9 Å². The van der Waals surface area contributed by atoms with Crippen LogP contribution in [0.3, 0.4) is 0 Å². The van der Waals surface area contributed by atoms with Gasteiger partial charge in [0.15, 0.2) is 0 Å². The molecular weight excluding hydrogens is 446 g/mol. The van der Waals surface area contributed by atoms with Gasteiger partial charge in [-0.15, -0.1) is 0 Å². The van der Waals surface area contributed by atoms with E-state index >= 15 is 0 Å². The van der Waals surface area contributed by atoms with Gasteiger partial charge in [-0.2, -0.15) is 5.10 Å². The number of likely N-dealkylation sites (tertiary alicyclic amines) is 1. The van der Waals surface area contributed by atoms with Crippen molar-refractivity contribution in [1.29, 1.82) is 0 Å². The number of para-hydroxylation sites is 1. The molecular formula is C27H28ClN5O. The Hall–Kier alpha value is -3.35. The number of carbonyl (C=O) groups is 1. The van der Waals surface area contributed by atoms with Gasteiger partial charge in [0.1, 0.15) is 0 Å². The van der Waals surface area contributed by atoms with E-state index in [0.29, 0.717) is 23.2 Å². The van der Waals surface area contributed by atoms with Gasteiger partial charge in [0, 0.05) is 34.8 Å². The number of benzene rings is 3. The monoisotopic (exact) mass is 473 g/mol. The van der Waals surface area contributed by atoms with Crippen molar-refractivity contribution in [3.63, 3.8) is 0 Å². The molecule has 1 aliphatic rings. The van der Waals surface area contributed by atoms with E-state index in [0.717, 1.165) is 53.0 Å². The van der Waals surface area contributed by atoms with E-state index in [2.05, 4.69) is 32.7 Å². The fourth-order valence-electron chi connectivity index (χ4n) is 4.70. The molecule has 2 heterocycles. The Morgan fingerprint density at radius 3 is 2.88 bits per heavy atom. The number of aromatic amines is 1. The highest BCUT2D eigenvalue weighted by molar-refractivity contribution is 6.33.